The van der Waals surface area contributed by atoms with E-state index in [1.54, 1.807) is 11.2 Å². The van der Waals surface area contributed by atoms with Gasteiger partial charge in [0.05, 0.1) is 6.26 Å². The molecule has 190 valence electrons. The van der Waals surface area contributed by atoms with E-state index >= 15 is 0 Å². The molecule has 2 saturated heterocycles. The zero-order valence-corrected chi connectivity index (χ0v) is 20.7. The molecular formula is C29H30N4O4. The van der Waals surface area contributed by atoms with Crippen molar-refractivity contribution in [1.29, 1.82) is 0 Å². The Morgan fingerprint density at radius 3 is 2.32 bits per heavy atom. The van der Waals surface area contributed by atoms with Crippen LogP contribution in [0.1, 0.15) is 39.9 Å². The second-order valence-corrected chi connectivity index (χ2v) is 10.1. The molecule has 1 N–H and O–H groups in total. The molecule has 2 aromatic carbocycles. The Labute approximate surface area is 215 Å². The quantitative estimate of drug-likeness (QED) is 0.526. The third-order valence-corrected chi connectivity index (χ3v) is 7.60. The number of imide groups is 1. The highest BCUT2D eigenvalue weighted by molar-refractivity contribution is 6.05. The van der Waals surface area contributed by atoms with E-state index < -0.39 is 6.04 Å². The maximum Gasteiger partial charge on any atom is 0.255 e. The maximum atomic E-state index is 12.9. The van der Waals surface area contributed by atoms with Crippen LogP contribution < -0.4 is 5.32 Å². The zero-order valence-electron chi connectivity index (χ0n) is 20.7. The number of carbonyl (C=O) groups is 3. The molecule has 1 unspecified atom stereocenters. The summed E-state index contributed by atoms with van der Waals surface area (Å²) >= 11 is 0. The molecule has 8 heteroatoms. The number of rotatable bonds is 6. The maximum absolute atomic E-state index is 12.9. The lowest BCUT2D eigenvalue weighted by molar-refractivity contribution is -0.136. The van der Waals surface area contributed by atoms with E-state index in [0.717, 1.165) is 56.2 Å². The SMILES string of the molecule is O=C1CCC(N2Cc3cc(CN4CCN(Cc5cccc(-c6ccco6)c5)CC4)ccc3C2=O)C(=O)N1. The van der Waals surface area contributed by atoms with Gasteiger partial charge in [0.25, 0.3) is 5.91 Å². The van der Waals surface area contributed by atoms with Gasteiger partial charge in [0.2, 0.25) is 11.8 Å². The first-order valence-electron chi connectivity index (χ1n) is 12.9. The van der Waals surface area contributed by atoms with Gasteiger partial charge in [0, 0.05) is 63.4 Å². The summed E-state index contributed by atoms with van der Waals surface area (Å²) in [4.78, 5) is 43.3. The molecular weight excluding hydrogens is 468 g/mol. The van der Waals surface area contributed by atoms with Gasteiger partial charge >= 0.3 is 0 Å². The molecule has 4 heterocycles. The topological polar surface area (TPSA) is 86.1 Å². The number of hydrogen-bond donors (Lipinski definition) is 1. The molecule has 1 atom stereocenters. The molecule has 0 aliphatic carbocycles. The van der Waals surface area contributed by atoms with Crippen LogP contribution >= 0.6 is 0 Å². The van der Waals surface area contributed by atoms with E-state index in [9.17, 15) is 14.4 Å². The number of benzene rings is 2. The lowest BCUT2D eigenvalue weighted by atomic mass is 10.0. The minimum atomic E-state index is -0.575. The summed E-state index contributed by atoms with van der Waals surface area (Å²) in [6.07, 6.45) is 2.35. The van der Waals surface area contributed by atoms with Crippen LogP contribution in [0.2, 0.25) is 0 Å². The molecule has 6 rings (SSSR count). The highest BCUT2D eigenvalue weighted by Crippen LogP contribution is 2.29. The second-order valence-electron chi connectivity index (χ2n) is 10.1. The minimum Gasteiger partial charge on any atom is -0.464 e. The molecule has 0 spiro atoms. The fraction of sp³-hybridized carbons (Fsp3) is 0.345. The first kappa shape index (κ1) is 23.6. The zero-order chi connectivity index (χ0) is 25.4. The van der Waals surface area contributed by atoms with Crippen LogP contribution in [0.4, 0.5) is 0 Å². The third-order valence-electron chi connectivity index (χ3n) is 7.60. The minimum absolute atomic E-state index is 0.124. The average molecular weight is 499 g/mol. The Morgan fingerprint density at radius 2 is 1.62 bits per heavy atom. The molecule has 3 aliphatic rings. The number of amides is 3. The van der Waals surface area contributed by atoms with Crippen LogP contribution in [-0.2, 0) is 29.2 Å². The molecule has 3 amide bonds. The van der Waals surface area contributed by atoms with Gasteiger partial charge in [0.15, 0.2) is 0 Å². The fourth-order valence-corrected chi connectivity index (χ4v) is 5.61. The van der Waals surface area contributed by atoms with Crippen LogP contribution in [0.15, 0.2) is 65.3 Å². The summed E-state index contributed by atoms with van der Waals surface area (Å²) in [5.41, 5.74) is 5.19. The molecule has 8 nitrogen and oxygen atoms in total. The smallest absolute Gasteiger partial charge is 0.255 e. The predicted molar refractivity (Wildman–Crippen MR) is 137 cm³/mol. The number of nitrogens with one attached hydrogen (secondary N) is 1. The van der Waals surface area contributed by atoms with Crippen LogP contribution in [-0.4, -0.2) is 64.6 Å². The molecule has 0 saturated carbocycles. The Balaban J connectivity index is 1.04. The number of carbonyl (C=O) groups excluding carboxylic acids is 3. The largest absolute Gasteiger partial charge is 0.464 e. The molecule has 0 radical (unpaired) electrons. The van der Waals surface area contributed by atoms with Gasteiger partial charge in [-0.25, -0.2) is 0 Å². The van der Waals surface area contributed by atoms with Crippen molar-refractivity contribution >= 4 is 17.7 Å². The van der Waals surface area contributed by atoms with E-state index in [4.69, 9.17) is 4.42 Å². The van der Waals surface area contributed by atoms with Crippen LogP contribution in [0.25, 0.3) is 11.3 Å². The highest BCUT2D eigenvalue weighted by atomic mass is 16.3. The van der Waals surface area contributed by atoms with Crippen LogP contribution in [0.3, 0.4) is 0 Å². The summed E-state index contributed by atoms with van der Waals surface area (Å²) in [6, 6.07) is 17.9. The van der Waals surface area contributed by atoms with Crippen molar-refractivity contribution in [2.24, 2.45) is 0 Å². The summed E-state index contributed by atoms with van der Waals surface area (Å²) in [5.74, 6) is 0.127. The number of fused-ring (bicyclic) bond motifs is 1. The molecule has 0 bridgehead atoms. The molecule has 37 heavy (non-hydrogen) atoms. The van der Waals surface area contributed by atoms with Crippen molar-refractivity contribution in [2.75, 3.05) is 26.2 Å². The third kappa shape index (κ3) is 4.95. The van der Waals surface area contributed by atoms with Crippen molar-refractivity contribution in [2.45, 2.75) is 38.5 Å². The van der Waals surface area contributed by atoms with E-state index in [0.29, 0.717) is 18.5 Å². The van der Waals surface area contributed by atoms with Crippen LogP contribution in [0.5, 0.6) is 0 Å². The van der Waals surface area contributed by atoms with E-state index in [1.807, 2.05) is 24.3 Å². The fourth-order valence-electron chi connectivity index (χ4n) is 5.61. The Morgan fingerprint density at radius 1 is 0.865 bits per heavy atom. The Hall–Kier alpha value is -3.75. The molecule has 3 aromatic rings. The van der Waals surface area contributed by atoms with Gasteiger partial charge in [-0.15, -0.1) is 0 Å². The van der Waals surface area contributed by atoms with E-state index in [1.165, 1.54) is 11.1 Å². The van der Waals surface area contributed by atoms with Gasteiger partial charge in [-0.1, -0.05) is 30.3 Å². The molecule has 2 fully saturated rings. The molecule has 1 aromatic heterocycles. The van der Waals surface area contributed by atoms with Crippen molar-refractivity contribution < 1.29 is 18.8 Å². The number of hydrogen-bond acceptors (Lipinski definition) is 6. The van der Waals surface area contributed by atoms with Gasteiger partial charge in [-0.05, 0) is 47.4 Å². The number of nitrogens with zero attached hydrogens (tertiary/aromatic N) is 3. The summed E-state index contributed by atoms with van der Waals surface area (Å²) in [7, 11) is 0. The number of piperidine rings is 1. The van der Waals surface area contributed by atoms with Gasteiger partial charge in [0.1, 0.15) is 11.8 Å². The Kier molecular flexibility index (Phi) is 6.36. The summed E-state index contributed by atoms with van der Waals surface area (Å²) in [5, 5.41) is 2.36. The monoisotopic (exact) mass is 498 g/mol. The van der Waals surface area contributed by atoms with E-state index in [-0.39, 0.29) is 24.1 Å². The van der Waals surface area contributed by atoms with Gasteiger partial charge < -0.3 is 9.32 Å². The van der Waals surface area contributed by atoms with Gasteiger partial charge in [-0.3, -0.25) is 29.5 Å². The average Bonchev–Trinajstić information content (AvgIpc) is 3.54. The van der Waals surface area contributed by atoms with Crippen molar-refractivity contribution in [3.8, 4) is 11.3 Å². The van der Waals surface area contributed by atoms with Crippen molar-refractivity contribution in [3.05, 3.63) is 83.1 Å². The van der Waals surface area contributed by atoms with Crippen molar-refractivity contribution in [1.82, 2.24) is 20.0 Å². The highest BCUT2D eigenvalue weighted by Gasteiger charge is 2.39. The van der Waals surface area contributed by atoms with Crippen LogP contribution in [0, 0.1) is 0 Å². The van der Waals surface area contributed by atoms with Crippen molar-refractivity contribution in [3.63, 3.8) is 0 Å². The first-order valence-corrected chi connectivity index (χ1v) is 12.9. The lowest BCUT2D eigenvalue weighted by Crippen LogP contribution is -2.52. The lowest BCUT2D eigenvalue weighted by Gasteiger charge is -2.34. The standard InChI is InChI=1S/C29H30N4O4/c34-27-9-8-25(28(35)30-27)33-19-23-16-21(6-7-24(23)29(33)36)18-32-12-10-31(11-13-32)17-20-3-1-4-22(15-20)26-5-2-14-37-26/h1-7,14-16,25H,8-13,17-19H2,(H,30,34,35). The molecule has 3 aliphatic heterocycles. The number of piperazine rings is 1. The summed E-state index contributed by atoms with van der Waals surface area (Å²) in [6.45, 7) is 6.13. The Bertz CT molecular complexity index is 1330. The normalized spacial score (nSPS) is 20.8. The second kappa shape index (κ2) is 9.95. The van der Waals surface area contributed by atoms with Gasteiger partial charge in [-0.2, -0.15) is 0 Å². The van der Waals surface area contributed by atoms with E-state index in [2.05, 4.69) is 45.4 Å². The number of furan rings is 1. The predicted octanol–water partition coefficient (Wildman–Crippen LogP) is 3.03. The summed E-state index contributed by atoms with van der Waals surface area (Å²) < 4.78 is 5.54. The first-order chi connectivity index (χ1) is 18.0.